The molecule has 0 radical (unpaired) electrons. The molecule has 12 nitrogen and oxygen atoms in total. The van der Waals surface area contributed by atoms with E-state index in [-0.39, 0.29) is 37.3 Å². The number of halogens is 1. The molecule has 3 heterocycles. The second-order valence-corrected chi connectivity index (χ2v) is 16.6. The number of nitrogens with two attached hydrogens (primary N) is 2. The van der Waals surface area contributed by atoms with Gasteiger partial charge in [0.1, 0.15) is 23.7 Å². The molecule has 0 spiro atoms. The lowest BCUT2D eigenvalue weighted by Gasteiger charge is -2.32. The van der Waals surface area contributed by atoms with Crippen LogP contribution in [0.2, 0.25) is 5.02 Å². The Labute approximate surface area is 367 Å². The van der Waals surface area contributed by atoms with E-state index in [1.165, 1.54) is 16.7 Å². The number of aromatic amines is 1. The molecule has 1 aliphatic heterocycles. The number of para-hydroxylation sites is 1. The molecule has 0 bridgehead atoms. The second kappa shape index (κ2) is 22.6. The number of nitrogens with one attached hydrogen (secondary N) is 4. The van der Waals surface area contributed by atoms with E-state index < -0.39 is 18.1 Å². The fraction of sp³-hybridized carbons (Fsp3) is 0.362. The summed E-state index contributed by atoms with van der Waals surface area (Å²) in [7, 11) is 1.63. The fourth-order valence-corrected chi connectivity index (χ4v) is 8.80. The molecule has 0 unspecified atom stereocenters. The van der Waals surface area contributed by atoms with Crippen LogP contribution >= 0.6 is 23.4 Å². The van der Waals surface area contributed by atoms with Crippen molar-refractivity contribution in [1.29, 1.82) is 0 Å². The first-order valence-corrected chi connectivity index (χ1v) is 21.9. The lowest BCUT2D eigenvalue weighted by Crippen LogP contribution is -2.57. The molecule has 5 aromatic rings. The molecule has 0 saturated carbocycles. The molecular weight excluding hydrogens is 808 g/mol. The Morgan fingerprint density at radius 3 is 2.48 bits per heavy atom. The summed E-state index contributed by atoms with van der Waals surface area (Å²) in [5.41, 5.74) is 17.8. The van der Waals surface area contributed by atoms with Crippen LogP contribution in [0.25, 0.3) is 10.9 Å². The first kappa shape index (κ1) is 45.3. The van der Waals surface area contributed by atoms with Crippen LogP contribution in [-0.2, 0) is 45.2 Å². The van der Waals surface area contributed by atoms with Crippen molar-refractivity contribution in [3.63, 3.8) is 0 Å². The van der Waals surface area contributed by atoms with Crippen molar-refractivity contribution in [2.45, 2.75) is 93.2 Å². The Morgan fingerprint density at radius 1 is 0.902 bits per heavy atom. The number of hydrogen-bond acceptors (Lipinski definition) is 9. The third-order valence-electron chi connectivity index (χ3n) is 10.8. The van der Waals surface area contributed by atoms with Gasteiger partial charge in [-0.1, -0.05) is 89.8 Å². The van der Waals surface area contributed by atoms with Gasteiger partial charge >= 0.3 is 0 Å². The monoisotopic (exact) mass is 862 g/mol. The smallest absolute Gasteiger partial charge is 0.245 e. The molecule has 1 aliphatic rings. The Bertz CT molecular complexity index is 2350. The highest BCUT2D eigenvalue weighted by Gasteiger charge is 2.34. The van der Waals surface area contributed by atoms with Gasteiger partial charge in [-0.25, -0.2) is 4.98 Å². The molecule has 8 N–H and O–H groups in total. The first-order valence-electron chi connectivity index (χ1n) is 20.8. The summed E-state index contributed by atoms with van der Waals surface area (Å²) in [5.74, 6) is 5.23. The third kappa shape index (κ3) is 12.2. The van der Waals surface area contributed by atoms with E-state index in [0.29, 0.717) is 78.9 Å². The Morgan fingerprint density at radius 2 is 1.67 bits per heavy atom. The van der Waals surface area contributed by atoms with E-state index in [9.17, 15) is 14.4 Å². The number of hydrogen-bond donors (Lipinski definition) is 6. The minimum atomic E-state index is -0.945. The molecule has 2 aromatic heterocycles. The Kier molecular flexibility index (Phi) is 16.8. The largest absolute Gasteiger partial charge is 0.364 e. The number of rotatable bonds is 12. The van der Waals surface area contributed by atoms with E-state index >= 15 is 0 Å². The number of benzene rings is 3. The van der Waals surface area contributed by atoms with Gasteiger partial charge in [-0.2, -0.15) is 0 Å². The van der Waals surface area contributed by atoms with Gasteiger partial charge in [-0.05, 0) is 98.6 Å². The van der Waals surface area contributed by atoms with Gasteiger partial charge in [0.2, 0.25) is 17.7 Å². The molecule has 3 atom stereocenters. The van der Waals surface area contributed by atoms with Gasteiger partial charge in [-0.15, -0.1) is 0 Å². The molecule has 0 fully saturated rings. The lowest BCUT2D eigenvalue weighted by molar-refractivity contribution is -0.142. The molecule has 14 heteroatoms. The minimum absolute atomic E-state index is 0.0879. The molecule has 6 rings (SSSR count). The highest BCUT2D eigenvalue weighted by Crippen LogP contribution is 2.38. The van der Waals surface area contributed by atoms with Crippen LogP contribution in [0.1, 0.15) is 65.6 Å². The molecule has 0 aliphatic carbocycles. The first-order chi connectivity index (χ1) is 29.7. The summed E-state index contributed by atoms with van der Waals surface area (Å²) in [5, 5.41) is 11.7. The maximum Gasteiger partial charge on any atom is 0.245 e. The van der Waals surface area contributed by atoms with Crippen LogP contribution < -0.4 is 27.4 Å². The average molecular weight is 864 g/mol. The number of H-pyrrole nitrogens is 1. The van der Waals surface area contributed by atoms with Crippen molar-refractivity contribution in [3.05, 3.63) is 124 Å². The number of ether oxygens (including phenoxy) is 1. The summed E-state index contributed by atoms with van der Waals surface area (Å²) in [6.07, 6.45) is 4.61. The lowest BCUT2D eigenvalue weighted by atomic mass is 9.99. The molecular formula is C47H55ClN8O4S. The van der Waals surface area contributed by atoms with E-state index in [0.717, 1.165) is 38.9 Å². The summed E-state index contributed by atoms with van der Waals surface area (Å²) in [4.78, 5) is 53.8. The average Bonchev–Trinajstić information content (AvgIpc) is 3.59. The van der Waals surface area contributed by atoms with Gasteiger partial charge in [0.25, 0.3) is 0 Å². The van der Waals surface area contributed by atoms with Gasteiger partial charge in [0, 0.05) is 59.8 Å². The van der Waals surface area contributed by atoms with Crippen LogP contribution in [0.4, 0.5) is 0 Å². The second-order valence-electron chi connectivity index (χ2n) is 15.2. The summed E-state index contributed by atoms with van der Waals surface area (Å²) in [6.45, 7) is 3.86. The van der Waals surface area contributed by atoms with E-state index in [1.54, 1.807) is 19.3 Å². The topological polar surface area (TPSA) is 180 Å². The summed E-state index contributed by atoms with van der Waals surface area (Å²) >= 11 is 8.47. The molecule has 3 aromatic carbocycles. The normalized spacial score (nSPS) is 17.8. The van der Waals surface area contributed by atoms with E-state index in [2.05, 4.69) is 32.8 Å². The number of carbonyl (C=O) groups is 3. The Hall–Kier alpha value is -5.20. The zero-order valence-electron chi connectivity index (χ0n) is 34.8. The zero-order chi connectivity index (χ0) is 43.1. The number of amides is 3. The predicted molar refractivity (Wildman–Crippen MR) is 242 cm³/mol. The number of fused-ring (bicyclic) bond motifs is 3. The summed E-state index contributed by atoms with van der Waals surface area (Å²) in [6, 6.07) is 22.8. The maximum absolute atomic E-state index is 14.7. The van der Waals surface area contributed by atoms with Crippen LogP contribution in [0, 0.1) is 18.8 Å². The highest BCUT2D eigenvalue weighted by molar-refractivity contribution is 7.99. The van der Waals surface area contributed by atoms with Gasteiger partial charge in [0.15, 0.2) is 0 Å². The standard InChI is InChI=1S/C47H55ClN8O4S/c1-31-37(36-17-6-7-18-39(36)54-31)27-42-45(58)53-29-35-25-33(15-12-24-60-30-32-13-4-3-5-14-32)26-38(48)43(35)61-46-34(16-11-23-51-46)28-52-40(20-10-22-50)44(57)55-41(19-8-9-21-49)47(59)56(42)2/h3-7,11,13-14,16-18,23,25-26,40-42,52,54H,8-10,19-22,24,27-30,49-50H2,1-2H3,(H,53,58)(H,55,57)/t40-,41-,42-/m0/s1. The van der Waals surface area contributed by atoms with Crippen molar-refractivity contribution < 1.29 is 19.1 Å². The number of nitrogens with zero attached hydrogens (tertiary/aromatic N) is 2. The summed E-state index contributed by atoms with van der Waals surface area (Å²) < 4.78 is 5.81. The van der Waals surface area contributed by atoms with Crippen molar-refractivity contribution >= 4 is 52.0 Å². The number of pyridine rings is 1. The number of aryl methyl sites for hydroxylation is 1. The SMILES string of the molecule is Cc1[nH]c2ccccc2c1C[C@H]1C(=O)NCc2cc(C#CCOCc3ccccc3)cc(Cl)c2Sc2ncccc2CN[C@@H](CCCN)C(=O)N[C@@H](CCCCN)C(=O)N1C. The Balaban J connectivity index is 1.39. The number of carbonyl (C=O) groups excluding carboxylic acids is 3. The van der Waals surface area contributed by atoms with Crippen molar-refractivity contribution in [3.8, 4) is 11.8 Å². The molecule has 0 saturated heterocycles. The van der Waals surface area contributed by atoms with Crippen LogP contribution in [0.3, 0.4) is 0 Å². The van der Waals surface area contributed by atoms with Crippen molar-refractivity contribution in [2.75, 3.05) is 26.7 Å². The fourth-order valence-electron chi connectivity index (χ4n) is 7.45. The zero-order valence-corrected chi connectivity index (χ0v) is 36.3. The maximum atomic E-state index is 14.7. The third-order valence-corrected chi connectivity index (χ3v) is 12.5. The molecule has 3 amide bonds. The van der Waals surface area contributed by atoms with Gasteiger partial charge in [-0.3, -0.25) is 14.4 Å². The molecule has 61 heavy (non-hydrogen) atoms. The predicted octanol–water partition coefficient (Wildman–Crippen LogP) is 5.75. The van der Waals surface area contributed by atoms with E-state index in [1.807, 2.05) is 79.7 Å². The van der Waals surface area contributed by atoms with Crippen LogP contribution in [0.5, 0.6) is 0 Å². The van der Waals surface area contributed by atoms with Gasteiger partial charge < -0.3 is 42.0 Å². The van der Waals surface area contributed by atoms with Crippen molar-refractivity contribution in [1.82, 2.24) is 30.8 Å². The van der Waals surface area contributed by atoms with Crippen LogP contribution in [-0.4, -0.2) is 77.5 Å². The van der Waals surface area contributed by atoms with Gasteiger partial charge in [0.05, 0.1) is 17.7 Å². The highest BCUT2D eigenvalue weighted by atomic mass is 35.5. The number of likely N-dealkylation sites (N-methyl/N-ethyl adjacent to an activating group) is 1. The van der Waals surface area contributed by atoms with E-state index in [4.69, 9.17) is 32.8 Å². The number of unbranched alkanes of at least 4 members (excludes halogenated alkanes) is 1. The minimum Gasteiger partial charge on any atom is -0.364 e. The quantitative estimate of drug-likeness (QED) is 0.0673. The van der Waals surface area contributed by atoms with Crippen LogP contribution in [0.15, 0.2) is 95.0 Å². The number of aromatic nitrogens is 2. The van der Waals surface area contributed by atoms with Crippen molar-refractivity contribution in [2.24, 2.45) is 11.5 Å². The molecule has 320 valence electrons.